The van der Waals surface area contributed by atoms with Gasteiger partial charge < -0.3 is 10.5 Å². The Labute approximate surface area is 107 Å². The number of hydrogen-bond donors (Lipinski definition) is 1. The molecule has 1 heterocycles. The van der Waals surface area contributed by atoms with Gasteiger partial charge in [-0.3, -0.25) is 4.68 Å². The molecule has 0 fully saturated rings. The number of ether oxygens (including phenoxy) is 1. The highest BCUT2D eigenvalue weighted by molar-refractivity contribution is 5.38. The van der Waals surface area contributed by atoms with Crippen molar-refractivity contribution in [2.75, 3.05) is 0 Å². The Morgan fingerprint density at radius 3 is 2.72 bits per heavy atom. The second-order valence-electron chi connectivity index (χ2n) is 4.66. The number of aromatic nitrogens is 2. The lowest BCUT2D eigenvalue weighted by molar-refractivity contribution is 0.473. The first kappa shape index (κ1) is 12.6. The van der Waals surface area contributed by atoms with Gasteiger partial charge in [-0.1, -0.05) is 12.1 Å². The summed E-state index contributed by atoms with van der Waals surface area (Å²) in [4.78, 5) is 0. The quantitative estimate of drug-likeness (QED) is 0.900. The summed E-state index contributed by atoms with van der Waals surface area (Å²) in [6, 6.07) is 6.31. The third-order valence-corrected chi connectivity index (χ3v) is 2.81. The van der Waals surface area contributed by atoms with Crippen LogP contribution in [0.3, 0.4) is 0 Å². The highest BCUT2D eigenvalue weighted by atomic mass is 16.5. The molecule has 1 aromatic carbocycles. The molecular weight excluding hydrogens is 226 g/mol. The highest BCUT2D eigenvalue weighted by Crippen LogP contribution is 2.25. The molecule has 0 radical (unpaired) electrons. The van der Waals surface area contributed by atoms with Crippen LogP contribution < -0.4 is 10.5 Å². The number of nitrogens with two attached hydrogens (primary N) is 1. The number of benzene rings is 1. The van der Waals surface area contributed by atoms with Gasteiger partial charge in [0, 0.05) is 12.6 Å². The zero-order chi connectivity index (χ0) is 13.1. The van der Waals surface area contributed by atoms with E-state index in [9.17, 15) is 0 Å². The predicted molar refractivity (Wildman–Crippen MR) is 71.8 cm³/mol. The smallest absolute Gasteiger partial charge is 0.165 e. The second-order valence-corrected chi connectivity index (χ2v) is 4.66. The van der Waals surface area contributed by atoms with Crippen molar-refractivity contribution in [2.24, 2.45) is 5.73 Å². The van der Waals surface area contributed by atoms with Crippen molar-refractivity contribution >= 4 is 0 Å². The average molecular weight is 245 g/mol. The van der Waals surface area contributed by atoms with Crippen LogP contribution in [-0.2, 0) is 6.54 Å². The van der Waals surface area contributed by atoms with Gasteiger partial charge in [0.15, 0.2) is 5.75 Å². The van der Waals surface area contributed by atoms with E-state index in [0.29, 0.717) is 12.6 Å². The summed E-state index contributed by atoms with van der Waals surface area (Å²) < 4.78 is 7.69. The Hall–Kier alpha value is -1.81. The minimum absolute atomic E-state index is 0.336. The lowest BCUT2D eigenvalue weighted by Crippen LogP contribution is -1.99. The molecule has 0 aliphatic carbocycles. The van der Waals surface area contributed by atoms with Crippen molar-refractivity contribution in [1.29, 1.82) is 0 Å². The molecule has 18 heavy (non-hydrogen) atoms. The maximum atomic E-state index is 5.82. The molecule has 2 aromatic rings. The molecule has 0 bridgehead atoms. The van der Waals surface area contributed by atoms with E-state index in [4.69, 9.17) is 10.5 Å². The van der Waals surface area contributed by atoms with Gasteiger partial charge in [0.25, 0.3) is 0 Å². The maximum absolute atomic E-state index is 5.82. The van der Waals surface area contributed by atoms with Gasteiger partial charge in [-0.2, -0.15) is 5.10 Å². The molecule has 0 spiro atoms. The molecule has 0 saturated heterocycles. The van der Waals surface area contributed by atoms with Gasteiger partial charge in [0.05, 0.1) is 12.4 Å². The van der Waals surface area contributed by atoms with Crippen LogP contribution >= 0.6 is 0 Å². The molecular formula is C14H19N3O. The summed E-state index contributed by atoms with van der Waals surface area (Å²) in [5, 5.41) is 4.25. The first-order valence-electron chi connectivity index (χ1n) is 6.11. The summed E-state index contributed by atoms with van der Waals surface area (Å²) in [5.74, 6) is 1.60. The molecule has 2 N–H and O–H groups in total. The molecule has 0 saturated carbocycles. The first-order chi connectivity index (χ1) is 8.60. The number of hydrogen-bond acceptors (Lipinski definition) is 3. The van der Waals surface area contributed by atoms with Gasteiger partial charge in [0.2, 0.25) is 0 Å². The molecule has 0 unspecified atom stereocenters. The lowest BCUT2D eigenvalue weighted by atomic mass is 10.1. The molecule has 0 atom stereocenters. The van der Waals surface area contributed by atoms with Gasteiger partial charge in [-0.15, -0.1) is 0 Å². The molecule has 1 aromatic heterocycles. The van der Waals surface area contributed by atoms with Crippen molar-refractivity contribution < 1.29 is 4.74 Å². The summed E-state index contributed by atoms with van der Waals surface area (Å²) in [5.41, 5.74) is 7.79. The van der Waals surface area contributed by atoms with E-state index in [-0.39, 0.29) is 0 Å². The molecule has 2 rings (SSSR count). The Bertz CT molecular complexity index is 532. The number of rotatable bonds is 4. The molecule has 0 aliphatic rings. The predicted octanol–water partition coefficient (Wildman–Crippen LogP) is 3.02. The summed E-state index contributed by atoms with van der Waals surface area (Å²) in [7, 11) is 0. The van der Waals surface area contributed by atoms with Gasteiger partial charge in [-0.25, -0.2) is 0 Å². The van der Waals surface area contributed by atoms with Crippen molar-refractivity contribution in [2.45, 2.75) is 33.4 Å². The van der Waals surface area contributed by atoms with E-state index in [1.165, 1.54) is 0 Å². The SMILES string of the molecule is Cc1cc(CN)ccc1Oc1cnn(C(C)C)c1. The Morgan fingerprint density at radius 2 is 2.17 bits per heavy atom. The monoisotopic (exact) mass is 245 g/mol. The second kappa shape index (κ2) is 5.23. The van der Waals surface area contributed by atoms with Gasteiger partial charge >= 0.3 is 0 Å². The molecule has 0 aliphatic heterocycles. The van der Waals surface area contributed by atoms with E-state index in [0.717, 1.165) is 22.6 Å². The lowest BCUT2D eigenvalue weighted by Gasteiger charge is -2.08. The first-order valence-corrected chi connectivity index (χ1v) is 6.11. The fourth-order valence-electron chi connectivity index (χ4n) is 1.74. The zero-order valence-corrected chi connectivity index (χ0v) is 11.1. The van der Waals surface area contributed by atoms with E-state index in [1.54, 1.807) is 6.20 Å². The molecule has 96 valence electrons. The number of nitrogens with zero attached hydrogens (tertiary/aromatic N) is 2. The minimum Gasteiger partial charge on any atom is -0.454 e. The van der Waals surface area contributed by atoms with Crippen molar-refractivity contribution in [3.63, 3.8) is 0 Å². The Morgan fingerprint density at radius 1 is 1.39 bits per heavy atom. The van der Waals surface area contributed by atoms with Crippen LogP contribution in [0.5, 0.6) is 11.5 Å². The largest absolute Gasteiger partial charge is 0.454 e. The molecule has 4 heteroatoms. The average Bonchev–Trinajstić information content (AvgIpc) is 2.80. The topological polar surface area (TPSA) is 53.1 Å². The summed E-state index contributed by atoms with van der Waals surface area (Å²) >= 11 is 0. The van der Waals surface area contributed by atoms with Gasteiger partial charge in [-0.05, 0) is 38.0 Å². The van der Waals surface area contributed by atoms with Crippen LogP contribution in [0.1, 0.15) is 31.0 Å². The minimum atomic E-state index is 0.336. The van der Waals surface area contributed by atoms with Crippen LogP contribution in [0.2, 0.25) is 0 Å². The fourth-order valence-corrected chi connectivity index (χ4v) is 1.74. The van der Waals surface area contributed by atoms with Gasteiger partial charge in [0.1, 0.15) is 5.75 Å². The van der Waals surface area contributed by atoms with Crippen molar-refractivity contribution in [1.82, 2.24) is 9.78 Å². The van der Waals surface area contributed by atoms with Crippen LogP contribution in [0.15, 0.2) is 30.6 Å². The van der Waals surface area contributed by atoms with Crippen molar-refractivity contribution in [3.05, 3.63) is 41.7 Å². The van der Waals surface area contributed by atoms with Crippen LogP contribution in [0, 0.1) is 6.92 Å². The van der Waals surface area contributed by atoms with E-state index in [2.05, 4.69) is 18.9 Å². The summed E-state index contributed by atoms with van der Waals surface area (Å²) in [6.45, 7) is 6.73. The number of aryl methyl sites for hydroxylation is 1. The molecule has 0 amide bonds. The molecule has 4 nitrogen and oxygen atoms in total. The van der Waals surface area contributed by atoms with Crippen LogP contribution in [0.25, 0.3) is 0 Å². The standard InChI is InChI=1S/C14H19N3O/c1-10(2)17-9-13(8-16-17)18-14-5-4-12(7-15)6-11(14)3/h4-6,8-10H,7,15H2,1-3H3. The van der Waals surface area contributed by atoms with Crippen molar-refractivity contribution in [3.8, 4) is 11.5 Å². The van der Waals surface area contributed by atoms with Crippen LogP contribution in [-0.4, -0.2) is 9.78 Å². The zero-order valence-electron chi connectivity index (χ0n) is 11.1. The highest BCUT2D eigenvalue weighted by Gasteiger charge is 2.06. The summed E-state index contributed by atoms with van der Waals surface area (Å²) in [6.07, 6.45) is 3.64. The third kappa shape index (κ3) is 2.71. The van der Waals surface area contributed by atoms with E-state index < -0.39 is 0 Å². The maximum Gasteiger partial charge on any atom is 0.165 e. The Kier molecular flexibility index (Phi) is 3.67. The fraction of sp³-hybridized carbons (Fsp3) is 0.357. The Balaban J connectivity index is 2.17. The van der Waals surface area contributed by atoms with Crippen LogP contribution in [0.4, 0.5) is 0 Å². The normalized spacial score (nSPS) is 10.9. The van der Waals surface area contributed by atoms with E-state index >= 15 is 0 Å². The third-order valence-electron chi connectivity index (χ3n) is 2.81. The van der Waals surface area contributed by atoms with E-state index in [1.807, 2.05) is 36.0 Å².